The van der Waals surface area contributed by atoms with Crippen molar-refractivity contribution in [3.05, 3.63) is 54.6 Å². The molecule has 1 aromatic carbocycles. The van der Waals surface area contributed by atoms with Crippen LogP contribution < -0.4 is 4.90 Å². The first-order valence-electron chi connectivity index (χ1n) is 6.05. The van der Waals surface area contributed by atoms with E-state index >= 15 is 0 Å². The molecular formula is C14H15N3O2. The molecule has 0 bridgehead atoms. The van der Waals surface area contributed by atoms with Crippen LogP contribution in [0, 0.1) is 0 Å². The molecule has 1 aliphatic rings. The van der Waals surface area contributed by atoms with Crippen LogP contribution in [0.15, 0.2) is 53.3 Å². The largest absolute Gasteiger partial charge is 0.451 e. The van der Waals surface area contributed by atoms with Gasteiger partial charge in [0.1, 0.15) is 0 Å². The van der Waals surface area contributed by atoms with Crippen LogP contribution >= 0.6 is 0 Å². The molecule has 5 heteroatoms. The van der Waals surface area contributed by atoms with Crippen molar-refractivity contribution in [3.63, 3.8) is 0 Å². The lowest BCUT2D eigenvalue weighted by Gasteiger charge is -2.29. The number of hydrogen-bond acceptors (Lipinski definition) is 5. The Kier molecular flexibility index (Phi) is 2.97. The highest BCUT2D eigenvalue weighted by Gasteiger charge is 2.30. The fourth-order valence-electron chi connectivity index (χ4n) is 2.01. The number of ether oxygens (including phenoxy) is 1. The fourth-order valence-corrected chi connectivity index (χ4v) is 2.01. The number of anilines is 1. The molecule has 98 valence electrons. The summed E-state index contributed by atoms with van der Waals surface area (Å²) in [5, 5.41) is 3.71. The van der Waals surface area contributed by atoms with E-state index in [1.807, 2.05) is 55.5 Å². The molecule has 2 heterocycles. The number of para-hydroxylation sites is 1. The van der Waals surface area contributed by atoms with Gasteiger partial charge >= 0.3 is 0 Å². The second-order valence-electron chi connectivity index (χ2n) is 4.52. The number of aromatic nitrogens is 1. The van der Waals surface area contributed by atoms with Crippen molar-refractivity contribution in [2.45, 2.75) is 6.35 Å². The van der Waals surface area contributed by atoms with Crippen molar-refractivity contribution in [1.29, 1.82) is 0 Å². The monoisotopic (exact) mass is 257 g/mol. The van der Waals surface area contributed by atoms with Crippen molar-refractivity contribution >= 4 is 11.4 Å². The minimum absolute atomic E-state index is 0.192. The highest BCUT2D eigenvalue weighted by atomic mass is 16.6. The van der Waals surface area contributed by atoms with Crippen molar-refractivity contribution in [2.75, 3.05) is 19.0 Å². The first kappa shape index (κ1) is 11.8. The molecule has 0 spiro atoms. The smallest absolute Gasteiger partial charge is 0.236 e. The van der Waals surface area contributed by atoms with Gasteiger partial charge in [-0.05, 0) is 26.2 Å². The van der Waals surface area contributed by atoms with Crippen molar-refractivity contribution in [2.24, 2.45) is 0 Å². The van der Waals surface area contributed by atoms with Crippen LogP contribution in [-0.4, -0.2) is 30.5 Å². The van der Waals surface area contributed by atoms with E-state index in [0.29, 0.717) is 11.5 Å². The minimum atomic E-state index is -0.192. The quantitative estimate of drug-likeness (QED) is 0.844. The van der Waals surface area contributed by atoms with Gasteiger partial charge in [0.15, 0.2) is 5.76 Å². The first-order valence-corrected chi connectivity index (χ1v) is 6.05. The molecule has 5 nitrogen and oxygen atoms in total. The number of benzene rings is 1. The normalized spacial score (nSPS) is 18.6. The maximum atomic E-state index is 5.91. The van der Waals surface area contributed by atoms with E-state index < -0.39 is 0 Å². The SMILES string of the molecule is CN(C)C1OC(c2ccno2)=CN1c1ccccc1. The number of hydrogen-bond donors (Lipinski definition) is 0. The second kappa shape index (κ2) is 4.78. The zero-order valence-corrected chi connectivity index (χ0v) is 10.9. The molecular weight excluding hydrogens is 242 g/mol. The van der Waals surface area contributed by atoms with Crippen LogP contribution in [0.2, 0.25) is 0 Å². The van der Waals surface area contributed by atoms with Crippen molar-refractivity contribution < 1.29 is 9.26 Å². The maximum absolute atomic E-state index is 5.91. The molecule has 1 aliphatic heterocycles. The fraction of sp³-hybridized carbons (Fsp3) is 0.214. The second-order valence-corrected chi connectivity index (χ2v) is 4.52. The highest BCUT2D eigenvalue weighted by Crippen LogP contribution is 2.31. The molecule has 0 saturated carbocycles. The molecule has 0 amide bonds. The van der Waals surface area contributed by atoms with E-state index in [4.69, 9.17) is 9.26 Å². The summed E-state index contributed by atoms with van der Waals surface area (Å²) >= 11 is 0. The van der Waals surface area contributed by atoms with Crippen LogP contribution in [0.25, 0.3) is 5.76 Å². The summed E-state index contributed by atoms with van der Waals surface area (Å²) in [7, 11) is 3.94. The Balaban J connectivity index is 1.95. The van der Waals surface area contributed by atoms with E-state index in [-0.39, 0.29) is 6.35 Å². The lowest BCUT2D eigenvalue weighted by Crippen LogP contribution is -2.40. The van der Waals surface area contributed by atoms with Gasteiger partial charge in [0.2, 0.25) is 12.1 Å². The van der Waals surface area contributed by atoms with Crippen LogP contribution in [0.3, 0.4) is 0 Å². The molecule has 1 unspecified atom stereocenters. The van der Waals surface area contributed by atoms with E-state index in [1.54, 1.807) is 12.3 Å². The maximum Gasteiger partial charge on any atom is 0.236 e. The van der Waals surface area contributed by atoms with Gasteiger partial charge in [0, 0.05) is 11.8 Å². The predicted molar refractivity (Wildman–Crippen MR) is 72.0 cm³/mol. The summed E-state index contributed by atoms with van der Waals surface area (Å²) in [5.41, 5.74) is 1.07. The van der Waals surface area contributed by atoms with Gasteiger partial charge in [-0.3, -0.25) is 9.80 Å². The standard InChI is InChI=1S/C14H15N3O2/c1-16(2)14-17(11-6-4-3-5-7-11)10-13(18-14)12-8-9-15-19-12/h3-10,14H,1-2H3. The molecule has 0 saturated heterocycles. The Hall–Kier alpha value is -2.27. The summed E-state index contributed by atoms with van der Waals surface area (Å²) in [5.74, 6) is 1.31. The van der Waals surface area contributed by atoms with Crippen LogP contribution in [0.4, 0.5) is 5.69 Å². The van der Waals surface area contributed by atoms with Gasteiger partial charge in [0.05, 0.1) is 12.4 Å². The van der Waals surface area contributed by atoms with Gasteiger partial charge in [-0.2, -0.15) is 0 Å². The third-order valence-corrected chi connectivity index (χ3v) is 2.90. The third kappa shape index (κ3) is 2.20. The molecule has 1 atom stereocenters. The molecule has 3 rings (SSSR count). The topological polar surface area (TPSA) is 41.7 Å². The molecule has 0 fully saturated rings. The van der Waals surface area contributed by atoms with E-state index in [0.717, 1.165) is 5.69 Å². The molecule has 0 radical (unpaired) electrons. The Morgan fingerprint density at radius 2 is 1.95 bits per heavy atom. The van der Waals surface area contributed by atoms with Crippen molar-refractivity contribution in [3.8, 4) is 0 Å². The molecule has 2 aromatic rings. The average Bonchev–Trinajstić information content (AvgIpc) is 3.08. The molecule has 1 aromatic heterocycles. The van der Waals surface area contributed by atoms with Gasteiger partial charge in [0.25, 0.3) is 0 Å². The average molecular weight is 257 g/mol. The number of rotatable bonds is 3. The number of nitrogens with zero attached hydrogens (tertiary/aromatic N) is 3. The Morgan fingerprint density at radius 3 is 2.58 bits per heavy atom. The van der Waals surface area contributed by atoms with Gasteiger partial charge in [-0.1, -0.05) is 23.4 Å². The zero-order valence-electron chi connectivity index (χ0n) is 10.9. The summed E-state index contributed by atoms with van der Waals surface area (Å²) in [4.78, 5) is 4.05. The summed E-state index contributed by atoms with van der Waals surface area (Å²) in [6, 6.07) is 11.9. The van der Waals surface area contributed by atoms with Gasteiger partial charge in [-0.15, -0.1) is 0 Å². The molecule has 0 N–H and O–H groups in total. The highest BCUT2D eigenvalue weighted by molar-refractivity contribution is 5.64. The summed E-state index contributed by atoms with van der Waals surface area (Å²) in [6.45, 7) is 0. The van der Waals surface area contributed by atoms with Gasteiger partial charge in [-0.25, -0.2) is 0 Å². The predicted octanol–water partition coefficient (Wildman–Crippen LogP) is 2.36. The summed E-state index contributed by atoms with van der Waals surface area (Å²) < 4.78 is 11.1. The zero-order chi connectivity index (χ0) is 13.2. The first-order chi connectivity index (χ1) is 9.25. The van der Waals surface area contributed by atoms with Crippen LogP contribution in [-0.2, 0) is 4.74 Å². The Bertz CT molecular complexity index is 564. The van der Waals surface area contributed by atoms with E-state index in [9.17, 15) is 0 Å². The summed E-state index contributed by atoms with van der Waals surface area (Å²) in [6.07, 6.45) is 3.35. The minimum Gasteiger partial charge on any atom is -0.451 e. The Labute approximate surface area is 111 Å². The van der Waals surface area contributed by atoms with Crippen LogP contribution in [0.5, 0.6) is 0 Å². The van der Waals surface area contributed by atoms with E-state index in [2.05, 4.69) is 10.1 Å². The molecule has 19 heavy (non-hydrogen) atoms. The lowest BCUT2D eigenvalue weighted by atomic mass is 10.3. The van der Waals surface area contributed by atoms with Crippen molar-refractivity contribution in [1.82, 2.24) is 10.1 Å². The molecule has 0 aliphatic carbocycles. The third-order valence-electron chi connectivity index (χ3n) is 2.90. The van der Waals surface area contributed by atoms with E-state index in [1.165, 1.54) is 0 Å². The Morgan fingerprint density at radius 1 is 1.16 bits per heavy atom. The van der Waals surface area contributed by atoms with Gasteiger partial charge < -0.3 is 9.26 Å². The van der Waals surface area contributed by atoms with Crippen LogP contribution in [0.1, 0.15) is 5.76 Å². The lowest BCUT2D eigenvalue weighted by molar-refractivity contribution is 0.0567.